The summed E-state index contributed by atoms with van der Waals surface area (Å²) >= 11 is 0. The third kappa shape index (κ3) is 2.60. The molecule has 0 amide bonds. The summed E-state index contributed by atoms with van der Waals surface area (Å²) in [5.41, 5.74) is 2.74. The first-order valence-corrected chi connectivity index (χ1v) is 6.93. The van der Waals surface area contributed by atoms with Crippen molar-refractivity contribution in [3.05, 3.63) is 71.0 Å². The van der Waals surface area contributed by atoms with E-state index in [1.165, 1.54) is 6.07 Å². The van der Waals surface area contributed by atoms with Crippen LogP contribution in [0.25, 0.3) is 0 Å². The predicted octanol–water partition coefficient (Wildman–Crippen LogP) is 3.42. The molecule has 0 aromatic heterocycles. The summed E-state index contributed by atoms with van der Waals surface area (Å²) in [5.74, 6) is -0.150. The first-order valence-electron chi connectivity index (χ1n) is 6.93. The van der Waals surface area contributed by atoms with Crippen LogP contribution < -0.4 is 5.32 Å². The highest BCUT2D eigenvalue weighted by molar-refractivity contribution is 5.37. The van der Waals surface area contributed by atoms with Crippen LogP contribution in [-0.4, -0.2) is 12.8 Å². The van der Waals surface area contributed by atoms with Crippen LogP contribution >= 0.6 is 0 Å². The van der Waals surface area contributed by atoms with Crippen molar-refractivity contribution in [1.29, 1.82) is 0 Å². The van der Waals surface area contributed by atoms with Crippen molar-refractivity contribution >= 4 is 0 Å². The number of hydrogen-bond donors (Lipinski definition) is 1. The number of ether oxygens (including phenoxy) is 1. The first-order chi connectivity index (χ1) is 9.75. The van der Waals surface area contributed by atoms with Gasteiger partial charge in [-0.2, -0.15) is 0 Å². The largest absolute Gasteiger partial charge is 0.354 e. The zero-order valence-corrected chi connectivity index (χ0v) is 11.5. The fraction of sp³-hybridized carbons (Fsp3) is 0.294. The third-order valence-corrected chi connectivity index (χ3v) is 3.73. The minimum Gasteiger partial charge on any atom is -0.354 e. The van der Waals surface area contributed by atoms with E-state index in [0.717, 1.165) is 16.7 Å². The number of halogens is 1. The number of fused-ring (bicyclic) bond motifs is 1. The van der Waals surface area contributed by atoms with Gasteiger partial charge in [-0.15, -0.1) is 0 Å². The lowest BCUT2D eigenvalue weighted by Gasteiger charge is -2.27. The number of rotatable bonds is 1. The van der Waals surface area contributed by atoms with Crippen LogP contribution in [0.4, 0.5) is 4.39 Å². The highest BCUT2D eigenvalue weighted by Crippen LogP contribution is 2.31. The Morgan fingerprint density at radius 1 is 1.10 bits per heavy atom. The SMILES string of the molecule is CC1Cc2c(F)cccc2C(c2ccccc2)OCN1. The van der Waals surface area contributed by atoms with Gasteiger partial charge in [-0.25, -0.2) is 4.39 Å². The van der Waals surface area contributed by atoms with Gasteiger partial charge in [-0.05, 0) is 36.1 Å². The molecule has 2 nitrogen and oxygen atoms in total. The second kappa shape index (κ2) is 5.73. The van der Waals surface area contributed by atoms with E-state index < -0.39 is 0 Å². The lowest BCUT2D eigenvalue weighted by atomic mass is 9.92. The Labute approximate surface area is 118 Å². The summed E-state index contributed by atoms with van der Waals surface area (Å²) in [4.78, 5) is 0. The molecule has 1 aliphatic rings. The Bertz CT molecular complexity index is 585. The molecular weight excluding hydrogens is 253 g/mol. The van der Waals surface area contributed by atoms with Gasteiger partial charge in [0, 0.05) is 6.04 Å². The summed E-state index contributed by atoms with van der Waals surface area (Å²) in [7, 11) is 0. The quantitative estimate of drug-likeness (QED) is 0.858. The van der Waals surface area contributed by atoms with E-state index in [-0.39, 0.29) is 18.0 Å². The second-order valence-electron chi connectivity index (χ2n) is 5.22. The molecule has 3 heteroatoms. The molecular formula is C17H18FNO. The van der Waals surface area contributed by atoms with Crippen LogP contribution in [0.1, 0.15) is 29.7 Å². The molecule has 104 valence electrons. The molecule has 2 aromatic rings. The van der Waals surface area contributed by atoms with Crippen molar-refractivity contribution in [2.45, 2.75) is 25.5 Å². The summed E-state index contributed by atoms with van der Waals surface area (Å²) < 4.78 is 20.1. The summed E-state index contributed by atoms with van der Waals surface area (Å²) in [6.45, 7) is 2.51. The molecule has 2 aromatic carbocycles. The van der Waals surface area contributed by atoms with Crippen molar-refractivity contribution < 1.29 is 9.13 Å². The lowest BCUT2D eigenvalue weighted by molar-refractivity contribution is 0.0548. The van der Waals surface area contributed by atoms with E-state index in [2.05, 4.69) is 5.32 Å². The molecule has 0 saturated carbocycles. The Hall–Kier alpha value is -1.71. The number of benzene rings is 2. The zero-order chi connectivity index (χ0) is 13.9. The van der Waals surface area contributed by atoms with E-state index in [9.17, 15) is 4.39 Å². The molecule has 3 rings (SSSR count). The zero-order valence-electron chi connectivity index (χ0n) is 11.5. The lowest BCUT2D eigenvalue weighted by Crippen LogP contribution is -2.34. The maximum Gasteiger partial charge on any atom is 0.126 e. The standard InChI is InChI=1S/C17H18FNO/c1-12-10-15-14(8-5-9-16(15)18)17(20-11-19-12)13-6-3-2-4-7-13/h2-9,12,17,19H,10-11H2,1H3. The highest BCUT2D eigenvalue weighted by atomic mass is 19.1. The molecule has 0 bridgehead atoms. The molecule has 2 unspecified atom stereocenters. The Kier molecular flexibility index (Phi) is 3.81. The molecule has 1 aliphatic heterocycles. The summed E-state index contributed by atoms with van der Waals surface area (Å²) in [6.07, 6.45) is 0.455. The van der Waals surface area contributed by atoms with E-state index >= 15 is 0 Å². The predicted molar refractivity (Wildman–Crippen MR) is 76.9 cm³/mol. The van der Waals surface area contributed by atoms with Crippen molar-refractivity contribution in [1.82, 2.24) is 5.32 Å². The topological polar surface area (TPSA) is 21.3 Å². The average molecular weight is 271 g/mol. The average Bonchev–Trinajstić information content (AvgIpc) is 2.45. The van der Waals surface area contributed by atoms with E-state index in [0.29, 0.717) is 13.2 Å². The van der Waals surface area contributed by atoms with Gasteiger partial charge >= 0.3 is 0 Å². The van der Waals surface area contributed by atoms with Crippen LogP contribution in [-0.2, 0) is 11.2 Å². The maximum absolute atomic E-state index is 14.2. The van der Waals surface area contributed by atoms with Crippen LogP contribution in [0.15, 0.2) is 48.5 Å². The van der Waals surface area contributed by atoms with Crippen LogP contribution in [0.5, 0.6) is 0 Å². The molecule has 0 fully saturated rings. The van der Waals surface area contributed by atoms with Gasteiger partial charge in [0.1, 0.15) is 11.9 Å². The second-order valence-corrected chi connectivity index (χ2v) is 5.22. The number of nitrogens with one attached hydrogen (secondary N) is 1. The summed E-state index contributed by atoms with van der Waals surface area (Å²) in [6, 6.07) is 15.4. The van der Waals surface area contributed by atoms with E-state index in [4.69, 9.17) is 4.74 Å². The Balaban J connectivity index is 2.09. The number of hydrogen-bond acceptors (Lipinski definition) is 2. The van der Waals surface area contributed by atoms with E-state index in [1.807, 2.05) is 43.3 Å². The van der Waals surface area contributed by atoms with Gasteiger partial charge in [-0.3, -0.25) is 5.32 Å². The van der Waals surface area contributed by atoms with Gasteiger partial charge in [0.15, 0.2) is 0 Å². The van der Waals surface area contributed by atoms with Crippen molar-refractivity contribution in [3.8, 4) is 0 Å². The minimum absolute atomic E-state index is 0.150. The van der Waals surface area contributed by atoms with Gasteiger partial charge in [0.25, 0.3) is 0 Å². The molecule has 0 spiro atoms. The van der Waals surface area contributed by atoms with Crippen molar-refractivity contribution in [2.24, 2.45) is 0 Å². The maximum atomic E-state index is 14.2. The molecule has 0 radical (unpaired) electrons. The minimum atomic E-state index is -0.220. The highest BCUT2D eigenvalue weighted by Gasteiger charge is 2.23. The third-order valence-electron chi connectivity index (χ3n) is 3.73. The van der Waals surface area contributed by atoms with Crippen molar-refractivity contribution in [3.63, 3.8) is 0 Å². The van der Waals surface area contributed by atoms with Crippen molar-refractivity contribution in [2.75, 3.05) is 6.73 Å². The van der Waals surface area contributed by atoms with Gasteiger partial charge in [0.05, 0.1) is 6.73 Å². The van der Waals surface area contributed by atoms with E-state index in [1.54, 1.807) is 6.07 Å². The first kappa shape index (κ1) is 13.3. The molecule has 0 aliphatic carbocycles. The molecule has 0 saturated heterocycles. The van der Waals surface area contributed by atoms with Crippen LogP contribution in [0.3, 0.4) is 0 Å². The molecule has 1 N–H and O–H groups in total. The van der Waals surface area contributed by atoms with Crippen LogP contribution in [0, 0.1) is 5.82 Å². The Morgan fingerprint density at radius 2 is 1.90 bits per heavy atom. The monoisotopic (exact) mass is 271 g/mol. The normalized spacial score (nSPS) is 22.7. The van der Waals surface area contributed by atoms with Gasteiger partial charge in [-0.1, -0.05) is 42.5 Å². The van der Waals surface area contributed by atoms with Gasteiger partial charge in [0.2, 0.25) is 0 Å². The fourth-order valence-corrected chi connectivity index (χ4v) is 2.68. The van der Waals surface area contributed by atoms with Crippen LogP contribution in [0.2, 0.25) is 0 Å². The smallest absolute Gasteiger partial charge is 0.126 e. The Morgan fingerprint density at radius 3 is 2.70 bits per heavy atom. The fourth-order valence-electron chi connectivity index (χ4n) is 2.68. The molecule has 1 heterocycles. The summed E-state index contributed by atoms with van der Waals surface area (Å²) in [5, 5.41) is 3.26. The molecule has 2 atom stereocenters. The molecule has 20 heavy (non-hydrogen) atoms. The van der Waals surface area contributed by atoms with Gasteiger partial charge < -0.3 is 4.74 Å².